The van der Waals surface area contributed by atoms with Crippen LogP contribution in [0, 0.1) is 6.92 Å². The second kappa shape index (κ2) is 4.16. The normalized spacial score (nSPS) is 23.0. The molecule has 0 amide bonds. The first kappa shape index (κ1) is 9.10. The van der Waals surface area contributed by atoms with Crippen LogP contribution < -0.4 is 5.32 Å². The summed E-state index contributed by atoms with van der Waals surface area (Å²) in [5.74, 6) is 2.47. The minimum absolute atomic E-state index is 0.569. The van der Waals surface area contributed by atoms with E-state index in [1.54, 1.807) is 0 Å². The number of thioether (sulfide) groups is 1. The van der Waals surface area contributed by atoms with Crippen LogP contribution in [-0.2, 0) is 0 Å². The maximum Gasteiger partial charge on any atom is 0.0414 e. The molecule has 1 aliphatic heterocycles. The highest BCUT2D eigenvalue weighted by atomic mass is 32.2. The van der Waals surface area contributed by atoms with Crippen molar-refractivity contribution in [3.63, 3.8) is 0 Å². The van der Waals surface area contributed by atoms with Gasteiger partial charge < -0.3 is 5.32 Å². The molecule has 2 rings (SSSR count). The SMILES string of the molecule is Cc1ccccc1[C@H]1CSCCN1. The predicted octanol–water partition coefficient (Wildman–Crippen LogP) is 2.37. The molecule has 70 valence electrons. The molecule has 0 aliphatic carbocycles. The third-order valence-corrected chi connectivity index (χ3v) is 3.55. The van der Waals surface area contributed by atoms with Gasteiger partial charge in [0.25, 0.3) is 0 Å². The molecule has 2 heteroatoms. The fraction of sp³-hybridized carbons (Fsp3) is 0.455. The average molecular weight is 193 g/mol. The monoisotopic (exact) mass is 193 g/mol. The van der Waals surface area contributed by atoms with Crippen molar-refractivity contribution in [2.75, 3.05) is 18.1 Å². The summed E-state index contributed by atoms with van der Waals surface area (Å²) >= 11 is 2.04. The lowest BCUT2D eigenvalue weighted by molar-refractivity contribution is 0.592. The molecular formula is C11H15NS. The molecule has 1 heterocycles. The van der Waals surface area contributed by atoms with Gasteiger partial charge in [-0.2, -0.15) is 11.8 Å². The molecule has 0 radical (unpaired) electrons. The van der Waals surface area contributed by atoms with Gasteiger partial charge in [0.15, 0.2) is 0 Å². The van der Waals surface area contributed by atoms with E-state index in [2.05, 4.69) is 36.5 Å². The first-order valence-corrected chi connectivity index (χ1v) is 5.90. The summed E-state index contributed by atoms with van der Waals surface area (Å²) in [5, 5.41) is 3.56. The lowest BCUT2D eigenvalue weighted by Crippen LogP contribution is -2.30. The molecule has 13 heavy (non-hydrogen) atoms. The Hall–Kier alpha value is -0.470. The van der Waals surface area contributed by atoms with Crippen molar-refractivity contribution in [2.45, 2.75) is 13.0 Å². The molecule has 1 nitrogen and oxygen atoms in total. The number of rotatable bonds is 1. The van der Waals surface area contributed by atoms with Gasteiger partial charge in [0.2, 0.25) is 0 Å². The minimum atomic E-state index is 0.569. The predicted molar refractivity (Wildman–Crippen MR) is 59.2 cm³/mol. The van der Waals surface area contributed by atoms with E-state index in [-0.39, 0.29) is 0 Å². The zero-order valence-corrected chi connectivity index (χ0v) is 8.73. The molecule has 1 atom stereocenters. The lowest BCUT2D eigenvalue weighted by atomic mass is 10.0. The molecule has 0 spiro atoms. The van der Waals surface area contributed by atoms with Crippen molar-refractivity contribution < 1.29 is 0 Å². The maximum absolute atomic E-state index is 3.56. The largest absolute Gasteiger partial charge is 0.308 e. The van der Waals surface area contributed by atoms with Crippen LogP contribution in [0.4, 0.5) is 0 Å². The summed E-state index contributed by atoms with van der Waals surface area (Å²) < 4.78 is 0. The number of benzene rings is 1. The first-order chi connectivity index (χ1) is 6.38. The van der Waals surface area contributed by atoms with Gasteiger partial charge in [-0.25, -0.2) is 0 Å². The molecule has 1 aromatic rings. The molecule has 1 aliphatic rings. The molecule has 1 aromatic carbocycles. The van der Waals surface area contributed by atoms with Gasteiger partial charge in [-0.05, 0) is 18.1 Å². The van der Waals surface area contributed by atoms with Gasteiger partial charge in [-0.1, -0.05) is 24.3 Å². The van der Waals surface area contributed by atoms with E-state index in [1.807, 2.05) is 11.8 Å². The van der Waals surface area contributed by atoms with E-state index in [1.165, 1.54) is 22.6 Å². The first-order valence-electron chi connectivity index (χ1n) is 4.74. The maximum atomic E-state index is 3.56. The van der Waals surface area contributed by atoms with Crippen LogP contribution in [0.15, 0.2) is 24.3 Å². The van der Waals surface area contributed by atoms with Crippen molar-refractivity contribution in [1.82, 2.24) is 5.32 Å². The van der Waals surface area contributed by atoms with E-state index in [9.17, 15) is 0 Å². The summed E-state index contributed by atoms with van der Waals surface area (Å²) in [6.07, 6.45) is 0. The van der Waals surface area contributed by atoms with Gasteiger partial charge in [0, 0.05) is 24.1 Å². The highest BCUT2D eigenvalue weighted by molar-refractivity contribution is 7.99. The second-order valence-corrected chi connectivity index (χ2v) is 4.59. The summed E-state index contributed by atoms with van der Waals surface area (Å²) in [6.45, 7) is 3.33. The van der Waals surface area contributed by atoms with Crippen LogP contribution in [-0.4, -0.2) is 18.1 Å². The van der Waals surface area contributed by atoms with E-state index in [0.717, 1.165) is 6.54 Å². The number of hydrogen-bond acceptors (Lipinski definition) is 2. The molecule has 1 fully saturated rings. The second-order valence-electron chi connectivity index (χ2n) is 3.44. The standard InChI is InChI=1S/C11H15NS/c1-9-4-2-3-5-10(9)11-8-13-7-6-12-11/h2-5,11-12H,6-8H2,1H3/t11-/m1/s1. The van der Waals surface area contributed by atoms with Crippen LogP contribution in [0.5, 0.6) is 0 Å². The summed E-state index contributed by atoms with van der Waals surface area (Å²) in [7, 11) is 0. The highest BCUT2D eigenvalue weighted by Crippen LogP contribution is 2.23. The minimum Gasteiger partial charge on any atom is -0.308 e. The van der Waals surface area contributed by atoms with Crippen LogP contribution >= 0.6 is 11.8 Å². The summed E-state index contributed by atoms with van der Waals surface area (Å²) in [4.78, 5) is 0. The molecule has 0 bridgehead atoms. The number of aryl methyl sites for hydroxylation is 1. The quantitative estimate of drug-likeness (QED) is 0.735. The Morgan fingerprint density at radius 3 is 2.92 bits per heavy atom. The van der Waals surface area contributed by atoms with Gasteiger partial charge in [-0.15, -0.1) is 0 Å². The number of nitrogens with one attached hydrogen (secondary N) is 1. The molecular weight excluding hydrogens is 178 g/mol. The van der Waals surface area contributed by atoms with Crippen LogP contribution in [0.1, 0.15) is 17.2 Å². The van der Waals surface area contributed by atoms with E-state index < -0.39 is 0 Å². The Bertz CT molecular complexity index is 279. The Labute approximate surface area is 83.9 Å². The van der Waals surface area contributed by atoms with E-state index in [0.29, 0.717) is 6.04 Å². The van der Waals surface area contributed by atoms with Gasteiger partial charge in [0.05, 0.1) is 0 Å². The van der Waals surface area contributed by atoms with Crippen molar-refractivity contribution >= 4 is 11.8 Å². The van der Waals surface area contributed by atoms with Crippen LogP contribution in [0.3, 0.4) is 0 Å². The molecule has 0 saturated carbocycles. The average Bonchev–Trinajstić information content (AvgIpc) is 2.20. The lowest BCUT2D eigenvalue weighted by Gasteiger charge is -2.24. The number of hydrogen-bond donors (Lipinski definition) is 1. The third-order valence-electron chi connectivity index (χ3n) is 2.49. The highest BCUT2D eigenvalue weighted by Gasteiger charge is 2.15. The third kappa shape index (κ3) is 2.06. The van der Waals surface area contributed by atoms with Crippen molar-refractivity contribution in [3.05, 3.63) is 35.4 Å². The van der Waals surface area contributed by atoms with E-state index in [4.69, 9.17) is 0 Å². The fourth-order valence-electron chi connectivity index (χ4n) is 1.74. The zero-order valence-electron chi connectivity index (χ0n) is 7.92. The topological polar surface area (TPSA) is 12.0 Å². The van der Waals surface area contributed by atoms with Crippen LogP contribution in [0.25, 0.3) is 0 Å². The molecule has 1 saturated heterocycles. The van der Waals surface area contributed by atoms with Crippen molar-refractivity contribution in [1.29, 1.82) is 0 Å². The van der Waals surface area contributed by atoms with Crippen molar-refractivity contribution in [3.8, 4) is 0 Å². The Morgan fingerprint density at radius 2 is 2.23 bits per heavy atom. The van der Waals surface area contributed by atoms with Gasteiger partial charge >= 0.3 is 0 Å². The Kier molecular flexibility index (Phi) is 2.91. The van der Waals surface area contributed by atoms with Crippen molar-refractivity contribution in [2.24, 2.45) is 0 Å². The molecule has 1 N–H and O–H groups in total. The van der Waals surface area contributed by atoms with E-state index >= 15 is 0 Å². The zero-order chi connectivity index (χ0) is 9.10. The van der Waals surface area contributed by atoms with Gasteiger partial charge in [0.1, 0.15) is 0 Å². The summed E-state index contributed by atoms with van der Waals surface area (Å²) in [5.41, 5.74) is 2.87. The Morgan fingerprint density at radius 1 is 1.38 bits per heavy atom. The summed E-state index contributed by atoms with van der Waals surface area (Å²) in [6, 6.07) is 9.23. The van der Waals surface area contributed by atoms with Gasteiger partial charge in [-0.3, -0.25) is 0 Å². The van der Waals surface area contributed by atoms with Crippen LogP contribution in [0.2, 0.25) is 0 Å². The molecule has 0 aromatic heterocycles. The fourth-order valence-corrected chi connectivity index (χ4v) is 2.70. The Balaban J connectivity index is 2.18. The molecule has 0 unspecified atom stereocenters. The smallest absolute Gasteiger partial charge is 0.0414 e.